The van der Waals surface area contributed by atoms with Crippen molar-refractivity contribution in [1.29, 1.82) is 0 Å². The van der Waals surface area contributed by atoms with Crippen LogP contribution in [0.5, 0.6) is 0 Å². The monoisotopic (exact) mass is 574 g/mol. The second-order valence-electron chi connectivity index (χ2n) is 9.88. The zero-order valence-electron chi connectivity index (χ0n) is 20.8. The Balaban J connectivity index is 1.25. The Morgan fingerprint density at radius 2 is 1.82 bits per heavy atom. The van der Waals surface area contributed by atoms with Crippen molar-refractivity contribution >= 4 is 52.5 Å². The second kappa shape index (κ2) is 10.1. The van der Waals surface area contributed by atoms with Crippen LogP contribution in [-0.4, -0.2) is 40.5 Å². The van der Waals surface area contributed by atoms with Gasteiger partial charge in [-0.15, -0.1) is 0 Å². The quantitative estimate of drug-likeness (QED) is 0.451. The molecule has 40 heavy (non-hydrogen) atoms. The second-order valence-corrected chi connectivity index (χ2v) is 10.3. The number of hydrogen-bond acceptors (Lipinski definition) is 6. The van der Waals surface area contributed by atoms with E-state index in [1.807, 2.05) is 6.92 Å². The number of carbonyl (C=O) groups excluding carboxylic acids is 5. The van der Waals surface area contributed by atoms with Crippen LogP contribution in [-0.2, 0) is 30.1 Å². The van der Waals surface area contributed by atoms with Gasteiger partial charge in [0.15, 0.2) is 0 Å². The summed E-state index contributed by atoms with van der Waals surface area (Å²) in [6.07, 6.45) is -3.46. The van der Waals surface area contributed by atoms with Crippen molar-refractivity contribution in [2.75, 3.05) is 10.6 Å². The minimum Gasteiger partial charge on any atom is -0.351 e. The first-order chi connectivity index (χ1) is 18.8. The number of piperidine rings is 1. The number of imide groups is 2. The molecule has 2 fully saturated rings. The first-order valence-corrected chi connectivity index (χ1v) is 12.7. The SMILES string of the molecule is C[C@H]1[C@@H](C(=O)Nc2ccc(C(F)(F)F)c(Cl)c2)[C@H]1c1cccc(NC2=CC(=O)N(C3CCC(=O)NC3=O)C2=O)c1. The zero-order valence-corrected chi connectivity index (χ0v) is 21.6. The molecule has 2 aliphatic heterocycles. The van der Waals surface area contributed by atoms with Crippen molar-refractivity contribution in [3.8, 4) is 0 Å². The lowest BCUT2D eigenvalue weighted by atomic mass is 10.0. The molecule has 2 aromatic rings. The minimum atomic E-state index is -4.61. The maximum absolute atomic E-state index is 13.0. The van der Waals surface area contributed by atoms with Gasteiger partial charge in [0.2, 0.25) is 17.7 Å². The van der Waals surface area contributed by atoms with Gasteiger partial charge in [-0.1, -0.05) is 30.7 Å². The van der Waals surface area contributed by atoms with Crippen molar-refractivity contribution < 1.29 is 37.1 Å². The lowest BCUT2D eigenvalue weighted by molar-refractivity contribution is -0.149. The van der Waals surface area contributed by atoms with Crippen LogP contribution in [0.4, 0.5) is 24.5 Å². The van der Waals surface area contributed by atoms with Crippen LogP contribution in [0.3, 0.4) is 0 Å². The molecule has 9 nitrogen and oxygen atoms in total. The highest BCUT2D eigenvalue weighted by Gasteiger charge is 2.52. The molecule has 0 spiro atoms. The minimum absolute atomic E-state index is 0.0124. The van der Waals surface area contributed by atoms with Gasteiger partial charge >= 0.3 is 6.18 Å². The predicted octanol–water partition coefficient (Wildman–Crippen LogP) is 3.82. The molecule has 0 aromatic heterocycles. The molecule has 1 unspecified atom stereocenters. The summed E-state index contributed by atoms with van der Waals surface area (Å²) in [5.74, 6) is -3.63. The fourth-order valence-electron chi connectivity index (χ4n) is 5.20. The van der Waals surface area contributed by atoms with E-state index in [4.69, 9.17) is 11.6 Å². The van der Waals surface area contributed by atoms with Crippen molar-refractivity contribution in [2.24, 2.45) is 11.8 Å². The highest BCUT2D eigenvalue weighted by molar-refractivity contribution is 6.31. The summed E-state index contributed by atoms with van der Waals surface area (Å²) >= 11 is 5.75. The molecule has 2 heterocycles. The summed E-state index contributed by atoms with van der Waals surface area (Å²) in [5.41, 5.74) is 0.370. The first-order valence-electron chi connectivity index (χ1n) is 12.3. The highest BCUT2D eigenvalue weighted by Crippen LogP contribution is 2.54. The molecule has 3 N–H and O–H groups in total. The number of halogens is 4. The van der Waals surface area contributed by atoms with E-state index in [1.165, 1.54) is 0 Å². The summed E-state index contributed by atoms with van der Waals surface area (Å²) < 4.78 is 38.9. The fourth-order valence-corrected chi connectivity index (χ4v) is 5.49. The molecule has 0 radical (unpaired) electrons. The summed E-state index contributed by atoms with van der Waals surface area (Å²) in [7, 11) is 0. The topological polar surface area (TPSA) is 125 Å². The molecule has 2 aromatic carbocycles. The number of carbonyl (C=O) groups is 5. The number of nitrogens with one attached hydrogen (secondary N) is 3. The van der Waals surface area contributed by atoms with E-state index in [-0.39, 0.29) is 42.0 Å². The molecule has 208 valence electrons. The Bertz CT molecular complexity index is 1490. The number of amides is 5. The summed E-state index contributed by atoms with van der Waals surface area (Å²) in [6.45, 7) is 1.87. The lowest BCUT2D eigenvalue weighted by Gasteiger charge is -2.28. The van der Waals surface area contributed by atoms with Gasteiger partial charge in [0.1, 0.15) is 11.7 Å². The molecule has 4 atom stereocenters. The third-order valence-corrected chi connectivity index (χ3v) is 7.56. The average Bonchev–Trinajstić information content (AvgIpc) is 3.47. The number of nitrogens with zero attached hydrogens (tertiary/aromatic N) is 1. The van der Waals surface area contributed by atoms with E-state index in [2.05, 4.69) is 16.0 Å². The number of benzene rings is 2. The number of anilines is 2. The molecule has 1 aliphatic carbocycles. The smallest absolute Gasteiger partial charge is 0.351 e. The normalized spacial score (nSPS) is 24.5. The third-order valence-electron chi connectivity index (χ3n) is 7.25. The van der Waals surface area contributed by atoms with E-state index in [1.54, 1.807) is 24.3 Å². The van der Waals surface area contributed by atoms with Gasteiger partial charge in [-0.25, -0.2) is 0 Å². The number of alkyl halides is 3. The van der Waals surface area contributed by atoms with E-state index >= 15 is 0 Å². The Kier molecular flexibility index (Phi) is 6.90. The molecule has 5 amide bonds. The van der Waals surface area contributed by atoms with E-state index in [0.717, 1.165) is 34.7 Å². The van der Waals surface area contributed by atoms with Crippen molar-refractivity contribution in [2.45, 2.75) is 37.9 Å². The zero-order chi connectivity index (χ0) is 28.9. The Hall–Kier alpha value is -4.19. The van der Waals surface area contributed by atoms with E-state index < -0.39 is 52.4 Å². The van der Waals surface area contributed by atoms with Crippen LogP contribution in [0, 0.1) is 11.8 Å². The van der Waals surface area contributed by atoms with E-state index in [9.17, 15) is 37.1 Å². The molecule has 13 heteroatoms. The Morgan fingerprint density at radius 3 is 2.50 bits per heavy atom. The van der Waals surface area contributed by atoms with Gasteiger partial charge in [-0.3, -0.25) is 34.2 Å². The fraction of sp³-hybridized carbons (Fsp3) is 0.296. The van der Waals surface area contributed by atoms with Crippen LogP contribution >= 0.6 is 11.6 Å². The average molecular weight is 575 g/mol. The van der Waals surface area contributed by atoms with E-state index in [0.29, 0.717) is 5.69 Å². The largest absolute Gasteiger partial charge is 0.417 e. The molecule has 1 saturated carbocycles. The lowest BCUT2D eigenvalue weighted by Crippen LogP contribution is -2.54. The van der Waals surface area contributed by atoms with Crippen LogP contribution in [0.25, 0.3) is 0 Å². The molecular formula is C27H22ClF3N4O5. The Morgan fingerprint density at radius 1 is 1.07 bits per heavy atom. The van der Waals surface area contributed by atoms with Crippen LogP contribution in [0.2, 0.25) is 5.02 Å². The molecular weight excluding hydrogens is 553 g/mol. The van der Waals surface area contributed by atoms with Crippen molar-refractivity contribution in [3.63, 3.8) is 0 Å². The van der Waals surface area contributed by atoms with Gasteiger partial charge < -0.3 is 10.6 Å². The van der Waals surface area contributed by atoms with Gasteiger partial charge in [-0.2, -0.15) is 13.2 Å². The summed E-state index contributed by atoms with van der Waals surface area (Å²) in [6, 6.07) is 8.86. The Labute approximate surface area is 230 Å². The van der Waals surface area contributed by atoms with Crippen LogP contribution in [0.1, 0.15) is 36.8 Å². The summed E-state index contributed by atoms with van der Waals surface area (Å²) in [4.78, 5) is 62.8. The van der Waals surface area contributed by atoms with Crippen LogP contribution < -0.4 is 16.0 Å². The van der Waals surface area contributed by atoms with Gasteiger partial charge in [0.25, 0.3) is 11.8 Å². The van der Waals surface area contributed by atoms with Crippen molar-refractivity contribution in [3.05, 3.63) is 70.4 Å². The molecule has 5 rings (SSSR count). The number of hydrogen-bond donors (Lipinski definition) is 3. The molecule has 0 bridgehead atoms. The van der Waals surface area contributed by atoms with Gasteiger partial charge in [0.05, 0.1) is 10.6 Å². The first kappa shape index (κ1) is 27.4. The third kappa shape index (κ3) is 5.18. The van der Waals surface area contributed by atoms with Gasteiger partial charge in [-0.05, 0) is 54.2 Å². The molecule has 1 saturated heterocycles. The summed E-state index contributed by atoms with van der Waals surface area (Å²) in [5, 5.41) is 7.14. The maximum Gasteiger partial charge on any atom is 0.417 e. The highest BCUT2D eigenvalue weighted by atomic mass is 35.5. The number of rotatable bonds is 6. The standard InChI is InChI=1S/C27H22ClF3N4O5/c1-12-22(23(12)25(39)33-15-5-6-16(17(28)10-15)27(29,30)31)13-3-2-4-14(9-13)32-18-11-21(37)35(26(18)40)19-7-8-20(36)34-24(19)38/h2-6,9-12,19,22-23,32H,7-8H2,1H3,(H,33,39)(H,34,36,38)/t12-,19?,22-,23-/m1/s1. The maximum atomic E-state index is 13.0. The predicted molar refractivity (Wildman–Crippen MR) is 137 cm³/mol. The van der Waals surface area contributed by atoms with Crippen LogP contribution in [0.15, 0.2) is 54.2 Å². The van der Waals surface area contributed by atoms with Crippen molar-refractivity contribution in [1.82, 2.24) is 10.2 Å². The molecule has 3 aliphatic rings. The van der Waals surface area contributed by atoms with Gasteiger partial charge in [0, 0.05) is 29.8 Å².